The van der Waals surface area contributed by atoms with Crippen LogP contribution in [0, 0.1) is 5.92 Å². The van der Waals surface area contributed by atoms with Gasteiger partial charge < -0.3 is 9.64 Å². The molecule has 0 spiro atoms. The molecule has 1 N–H and O–H groups in total. The van der Waals surface area contributed by atoms with Crippen LogP contribution in [-0.4, -0.2) is 38.6 Å². The topological polar surface area (TPSA) is 66.9 Å². The van der Waals surface area contributed by atoms with Gasteiger partial charge in [0.25, 0.3) is 0 Å². The van der Waals surface area contributed by atoms with Crippen molar-refractivity contribution in [3.8, 4) is 22.9 Å². The monoisotopic (exact) mass is 435 g/mol. The molecular weight excluding hydrogens is 410 g/mol. The number of likely N-dealkylation sites (tertiary alicyclic amines) is 1. The fraction of sp³-hybridized carbons (Fsp3) is 0.222. The molecule has 6 heteroatoms. The highest BCUT2D eigenvalue weighted by Crippen LogP contribution is 2.50. The van der Waals surface area contributed by atoms with Gasteiger partial charge in [-0.2, -0.15) is 5.21 Å². The van der Waals surface area contributed by atoms with E-state index < -0.39 is 0 Å². The van der Waals surface area contributed by atoms with Gasteiger partial charge in [0.05, 0.1) is 0 Å². The predicted molar refractivity (Wildman–Crippen MR) is 128 cm³/mol. The van der Waals surface area contributed by atoms with E-state index in [2.05, 4.69) is 98.5 Å². The molecule has 1 fully saturated rings. The van der Waals surface area contributed by atoms with Crippen LogP contribution < -0.4 is 4.74 Å². The largest absolute Gasteiger partial charge is 0.457 e. The van der Waals surface area contributed by atoms with Crippen molar-refractivity contribution in [1.82, 2.24) is 25.5 Å². The summed E-state index contributed by atoms with van der Waals surface area (Å²) in [4.78, 5) is 2.44. The van der Waals surface area contributed by atoms with Crippen LogP contribution in [0.5, 0.6) is 11.5 Å². The molecule has 0 amide bonds. The standard InChI is InChI=1S/C27H25N5O/c1-2-6-19(7-3-1)12-15-32-16-13-20(14-17-32)26-22-8-4-5-9-24(22)33-25-18-21(10-11-23(25)26)27-28-30-31-29-27/h1-12,15,18,20,26H,13-14,16-17H2,(H,28,29,30,31). The van der Waals surface area contributed by atoms with Crippen LogP contribution in [0.2, 0.25) is 0 Å². The molecule has 0 aliphatic carbocycles. The lowest BCUT2D eigenvalue weighted by Crippen LogP contribution is -2.33. The Labute approximate surface area is 192 Å². The van der Waals surface area contributed by atoms with Gasteiger partial charge in [0.15, 0.2) is 0 Å². The maximum atomic E-state index is 6.34. The molecule has 0 radical (unpaired) electrons. The van der Waals surface area contributed by atoms with Crippen molar-refractivity contribution in [1.29, 1.82) is 0 Å². The van der Waals surface area contributed by atoms with Crippen molar-refractivity contribution in [3.05, 3.63) is 95.7 Å². The number of rotatable bonds is 4. The van der Waals surface area contributed by atoms with Crippen LogP contribution in [0.1, 0.15) is 35.4 Å². The molecule has 3 heterocycles. The molecular formula is C27H25N5O. The predicted octanol–water partition coefficient (Wildman–Crippen LogP) is 5.49. The average Bonchev–Trinajstić information content (AvgIpc) is 3.42. The van der Waals surface area contributed by atoms with Gasteiger partial charge in [-0.05, 0) is 53.9 Å². The first kappa shape index (κ1) is 19.7. The Kier molecular flexibility index (Phi) is 5.11. The molecule has 1 aromatic heterocycles. The molecule has 3 aromatic carbocycles. The van der Waals surface area contributed by atoms with E-state index in [-0.39, 0.29) is 0 Å². The maximum absolute atomic E-state index is 6.34. The van der Waals surface area contributed by atoms with Gasteiger partial charge in [-0.1, -0.05) is 60.7 Å². The molecule has 6 rings (SSSR count). The van der Waals surface area contributed by atoms with E-state index in [1.54, 1.807) is 0 Å². The molecule has 1 atom stereocenters. The van der Waals surface area contributed by atoms with Gasteiger partial charge in [-0.15, -0.1) is 10.2 Å². The van der Waals surface area contributed by atoms with E-state index >= 15 is 0 Å². The van der Waals surface area contributed by atoms with Crippen LogP contribution in [0.25, 0.3) is 17.5 Å². The van der Waals surface area contributed by atoms with Gasteiger partial charge in [0.2, 0.25) is 5.82 Å². The number of ether oxygens (including phenoxy) is 1. The fourth-order valence-electron chi connectivity index (χ4n) is 5.08. The van der Waals surface area contributed by atoms with Crippen LogP contribution in [0.3, 0.4) is 0 Å². The molecule has 33 heavy (non-hydrogen) atoms. The Balaban J connectivity index is 1.26. The number of aromatic nitrogens is 4. The first-order valence-corrected chi connectivity index (χ1v) is 11.5. The zero-order chi connectivity index (χ0) is 22.0. The van der Waals surface area contributed by atoms with Crippen molar-refractivity contribution in [2.45, 2.75) is 18.8 Å². The van der Waals surface area contributed by atoms with E-state index in [4.69, 9.17) is 4.74 Å². The summed E-state index contributed by atoms with van der Waals surface area (Å²) >= 11 is 0. The molecule has 4 aromatic rings. The van der Waals surface area contributed by atoms with Gasteiger partial charge in [0.1, 0.15) is 11.5 Å². The third-order valence-corrected chi connectivity index (χ3v) is 6.75. The Hall–Kier alpha value is -3.93. The Morgan fingerprint density at radius 2 is 1.67 bits per heavy atom. The van der Waals surface area contributed by atoms with Gasteiger partial charge in [0, 0.05) is 35.7 Å². The molecule has 1 unspecified atom stereocenters. The quantitative estimate of drug-likeness (QED) is 0.459. The summed E-state index contributed by atoms with van der Waals surface area (Å²) in [6.45, 7) is 2.12. The molecule has 1 saturated heterocycles. The van der Waals surface area contributed by atoms with Crippen molar-refractivity contribution in [3.63, 3.8) is 0 Å². The van der Waals surface area contributed by atoms with Crippen molar-refractivity contribution in [2.24, 2.45) is 5.92 Å². The highest BCUT2D eigenvalue weighted by atomic mass is 16.5. The summed E-state index contributed by atoms with van der Waals surface area (Å²) in [5.41, 5.74) is 4.68. The van der Waals surface area contributed by atoms with E-state index in [0.717, 1.165) is 43.0 Å². The highest BCUT2D eigenvalue weighted by molar-refractivity contribution is 5.63. The normalized spacial score (nSPS) is 18.1. The summed E-state index contributed by atoms with van der Waals surface area (Å²) in [5.74, 6) is 3.31. The molecule has 2 aliphatic heterocycles. The number of hydrogen-bond acceptors (Lipinski definition) is 5. The van der Waals surface area contributed by atoms with Gasteiger partial charge >= 0.3 is 0 Å². The maximum Gasteiger partial charge on any atom is 0.204 e. The smallest absolute Gasteiger partial charge is 0.204 e. The number of benzene rings is 3. The van der Waals surface area contributed by atoms with Crippen molar-refractivity contribution >= 4 is 6.08 Å². The Morgan fingerprint density at radius 1 is 0.879 bits per heavy atom. The highest BCUT2D eigenvalue weighted by Gasteiger charge is 2.35. The number of nitrogens with one attached hydrogen (secondary N) is 1. The minimum absolute atomic E-state index is 0.324. The third kappa shape index (κ3) is 3.89. The zero-order valence-corrected chi connectivity index (χ0v) is 18.3. The minimum atomic E-state index is 0.324. The fourth-order valence-corrected chi connectivity index (χ4v) is 5.08. The van der Waals surface area contributed by atoms with Crippen LogP contribution >= 0.6 is 0 Å². The second kappa shape index (κ2) is 8.54. The number of fused-ring (bicyclic) bond motifs is 2. The number of hydrogen-bond donors (Lipinski definition) is 1. The molecule has 164 valence electrons. The zero-order valence-electron chi connectivity index (χ0n) is 18.3. The number of aromatic amines is 1. The first-order chi connectivity index (χ1) is 16.3. The molecule has 6 nitrogen and oxygen atoms in total. The molecule has 2 aliphatic rings. The SMILES string of the molecule is C(=CN1CCC(C2c3ccccc3Oc3cc(-c4nn[nH]n4)ccc32)CC1)c1ccccc1. The molecule has 0 saturated carbocycles. The van der Waals surface area contributed by atoms with Crippen molar-refractivity contribution in [2.75, 3.05) is 13.1 Å². The Morgan fingerprint density at radius 3 is 2.48 bits per heavy atom. The average molecular weight is 436 g/mol. The summed E-state index contributed by atoms with van der Waals surface area (Å²) < 4.78 is 6.34. The second-order valence-electron chi connectivity index (χ2n) is 8.71. The van der Waals surface area contributed by atoms with Gasteiger partial charge in [-0.3, -0.25) is 0 Å². The van der Waals surface area contributed by atoms with E-state index in [1.165, 1.54) is 16.7 Å². The van der Waals surface area contributed by atoms with E-state index in [0.29, 0.717) is 17.7 Å². The lowest BCUT2D eigenvalue weighted by Gasteiger charge is -2.39. The summed E-state index contributed by atoms with van der Waals surface area (Å²) in [6, 6.07) is 25.2. The summed E-state index contributed by atoms with van der Waals surface area (Å²) in [6.07, 6.45) is 6.74. The third-order valence-electron chi connectivity index (χ3n) is 6.75. The van der Waals surface area contributed by atoms with Crippen LogP contribution in [0.4, 0.5) is 0 Å². The lowest BCUT2D eigenvalue weighted by atomic mass is 9.74. The number of tetrazole rings is 1. The van der Waals surface area contributed by atoms with Crippen molar-refractivity contribution < 1.29 is 4.74 Å². The molecule has 0 bridgehead atoms. The minimum Gasteiger partial charge on any atom is -0.457 e. The summed E-state index contributed by atoms with van der Waals surface area (Å²) in [7, 11) is 0. The Bertz CT molecular complexity index is 1260. The van der Waals surface area contributed by atoms with Crippen LogP contribution in [0.15, 0.2) is 79.0 Å². The number of para-hydroxylation sites is 1. The first-order valence-electron chi connectivity index (χ1n) is 11.5. The van der Waals surface area contributed by atoms with Gasteiger partial charge in [-0.25, -0.2) is 0 Å². The van der Waals surface area contributed by atoms with E-state index in [9.17, 15) is 0 Å². The number of H-pyrrole nitrogens is 1. The number of piperidine rings is 1. The number of nitrogens with zero attached hydrogens (tertiary/aromatic N) is 4. The second-order valence-corrected chi connectivity index (χ2v) is 8.71. The van der Waals surface area contributed by atoms with E-state index in [1.807, 2.05) is 12.1 Å². The lowest BCUT2D eigenvalue weighted by molar-refractivity contribution is 0.224. The summed E-state index contributed by atoms with van der Waals surface area (Å²) in [5, 5.41) is 14.5. The van der Waals surface area contributed by atoms with Crippen LogP contribution in [-0.2, 0) is 0 Å².